The highest BCUT2D eigenvalue weighted by Crippen LogP contribution is 2.29. The number of ether oxygens (including phenoxy) is 2. The number of imidazole rings is 1. The molecular weight excluding hydrogens is 348 g/mol. The van der Waals surface area contributed by atoms with Crippen LogP contribution in [0.1, 0.15) is 16.7 Å². The number of methoxy groups -OCH3 is 2. The molecule has 132 valence electrons. The van der Waals surface area contributed by atoms with E-state index >= 15 is 0 Å². The Morgan fingerprint density at radius 3 is 2.38 bits per heavy atom. The Bertz CT molecular complexity index is 1230. The maximum absolute atomic E-state index is 13.0. The van der Waals surface area contributed by atoms with E-state index < -0.39 is 0 Å². The van der Waals surface area contributed by atoms with Gasteiger partial charge in [-0.25, -0.2) is 9.38 Å². The molecule has 0 atom stereocenters. The summed E-state index contributed by atoms with van der Waals surface area (Å²) in [6.45, 7) is 4.09. The monoisotopic (exact) mass is 366 g/mol. The van der Waals surface area contributed by atoms with Crippen LogP contribution in [-0.4, -0.2) is 23.6 Å². The van der Waals surface area contributed by atoms with Crippen LogP contribution in [0.5, 0.6) is 11.5 Å². The van der Waals surface area contributed by atoms with Crippen LogP contribution >= 0.6 is 11.3 Å². The number of aromatic nitrogens is 2. The highest BCUT2D eigenvalue weighted by Gasteiger charge is 2.14. The lowest BCUT2D eigenvalue weighted by molar-refractivity contribution is 0.392. The summed E-state index contributed by atoms with van der Waals surface area (Å²) in [5.74, 6) is 1.32. The van der Waals surface area contributed by atoms with Gasteiger partial charge in [-0.05, 0) is 55.3 Å². The Morgan fingerprint density at radius 1 is 1.08 bits per heavy atom. The van der Waals surface area contributed by atoms with Crippen LogP contribution in [0.3, 0.4) is 0 Å². The van der Waals surface area contributed by atoms with Gasteiger partial charge >= 0.3 is 0 Å². The van der Waals surface area contributed by atoms with Crippen molar-refractivity contribution in [3.63, 3.8) is 0 Å². The summed E-state index contributed by atoms with van der Waals surface area (Å²) < 4.78 is 13.1. The highest BCUT2D eigenvalue weighted by atomic mass is 32.1. The molecule has 0 aliphatic heterocycles. The third kappa shape index (κ3) is 2.45. The van der Waals surface area contributed by atoms with Gasteiger partial charge in [-0.15, -0.1) is 0 Å². The SMILES string of the molecule is COc1cccc(OC)c1/C=c1\sc2nc3cc(C)c(C)cc3n2c1=O. The quantitative estimate of drug-likeness (QED) is 0.559. The summed E-state index contributed by atoms with van der Waals surface area (Å²) in [6, 6.07) is 9.59. The molecule has 0 saturated carbocycles. The first kappa shape index (κ1) is 16.6. The smallest absolute Gasteiger partial charge is 0.274 e. The Morgan fingerprint density at radius 2 is 1.73 bits per heavy atom. The fraction of sp³-hybridized carbons (Fsp3) is 0.200. The molecule has 4 rings (SSSR count). The van der Waals surface area contributed by atoms with Crippen molar-refractivity contribution in [2.24, 2.45) is 0 Å². The molecule has 0 aliphatic rings. The molecule has 0 bridgehead atoms. The Labute approximate surface area is 154 Å². The summed E-state index contributed by atoms with van der Waals surface area (Å²) >= 11 is 1.37. The predicted molar refractivity (Wildman–Crippen MR) is 105 cm³/mol. The van der Waals surface area contributed by atoms with Gasteiger partial charge in [0.25, 0.3) is 5.56 Å². The van der Waals surface area contributed by atoms with Crippen LogP contribution in [-0.2, 0) is 0 Å². The number of aryl methyl sites for hydroxylation is 2. The number of hydrogen-bond donors (Lipinski definition) is 0. The van der Waals surface area contributed by atoms with Gasteiger partial charge in [0.05, 0.1) is 35.3 Å². The normalized spacial score (nSPS) is 12.2. The fourth-order valence-electron chi connectivity index (χ4n) is 3.07. The van der Waals surface area contributed by atoms with E-state index in [2.05, 4.69) is 4.98 Å². The van der Waals surface area contributed by atoms with E-state index in [9.17, 15) is 4.79 Å². The van der Waals surface area contributed by atoms with Gasteiger partial charge in [-0.1, -0.05) is 17.4 Å². The van der Waals surface area contributed by atoms with E-state index in [1.165, 1.54) is 16.9 Å². The van der Waals surface area contributed by atoms with Crippen molar-refractivity contribution < 1.29 is 9.47 Å². The molecule has 2 aromatic carbocycles. The van der Waals surface area contributed by atoms with E-state index in [4.69, 9.17) is 9.47 Å². The van der Waals surface area contributed by atoms with E-state index in [-0.39, 0.29) is 5.56 Å². The second kappa shape index (κ2) is 6.14. The minimum absolute atomic E-state index is 0.0799. The van der Waals surface area contributed by atoms with Crippen molar-refractivity contribution in [2.75, 3.05) is 14.2 Å². The predicted octanol–water partition coefficient (Wildman–Crippen LogP) is 3.09. The molecule has 4 aromatic rings. The maximum Gasteiger partial charge on any atom is 0.274 e. The number of benzene rings is 2. The van der Waals surface area contributed by atoms with E-state index in [1.807, 2.05) is 50.3 Å². The van der Waals surface area contributed by atoms with E-state index in [0.29, 0.717) is 21.0 Å². The van der Waals surface area contributed by atoms with Crippen molar-refractivity contribution >= 4 is 33.4 Å². The summed E-state index contributed by atoms with van der Waals surface area (Å²) in [7, 11) is 3.20. The zero-order chi connectivity index (χ0) is 18.4. The fourth-order valence-corrected chi connectivity index (χ4v) is 4.04. The van der Waals surface area contributed by atoms with Crippen molar-refractivity contribution in [1.82, 2.24) is 9.38 Å². The van der Waals surface area contributed by atoms with Gasteiger partial charge in [0, 0.05) is 0 Å². The van der Waals surface area contributed by atoms with Gasteiger partial charge in [-0.3, -0.25) is 4.79 Å². The molecule has 26 heavy (non-hydrogen) atoms. The zero-order valence-corrected chi connectivity index (χ0v) is 15.8. The average Bonchev–Trinajstić information content (AvgIpc) is 3.12. The molecule has 6 heteroatoms. The minimum atomic E-state index is -0.0799. The first-order valence-corrected chi connectivity index (χ1v) is 9.00. The minimum Gasteiger partial charge on any atom is -0.496 e. The third-order valence-corrected chi connectivity index (χ3v) is 5.56. The molecule has 0 amide bonds. The Hall–Kier alpha value is -2.86. The molecule has 0 unspecified atom stereocenters. The Balaban J connectivity index is 2.03. The summed E-state index contributed by atoms with van der Waals surface area (Å²) in [6.07, 6.45) is 1.81. The largest absolute Gasteiger partial charge is 0.496 e. The number of fused-ring (bicyclic) bond motifs is 3. The lowest BCUT2D eigenvalue weighted by Gasteiger charge is -2.08. The van der Waals surface area contributed by atoms with Crippen molar-refractivity contribution in [2.45, 2.75) is 13.8 Å². The number of hydrogen-bond acceptors (Lipinski definition) is 5. The van der Waals surface area contributed by atoms with Crippen LogP contribution in [0.4, 0.5) is 0 Å². The summed E-state index contributed by atoms with van der Waals surface area (Å²) in [5, 5.41) is 0. The topological polar surface area (TPSA) is 52.8 Å². The molecule has 0 saturated heterocycles. The van der Waals surface area contributed by atoms with E-state index in [0.717, 1.165) is 22.2 Å². The maximum atomic E-state index is 13.0. The molecule has 0 aliphatic carbocycles. The van der Waals surface area contributed by atoms with Gasteiger partial charge in [0.1, 0.15) is 11.5 Å². The lowest BCUT2D eigenvalue weighted by atomic mass is 10.1. The van der Waals surface area contributed by atoms with Crippen LogP contribution < -0.4 is 19.6 Å². The van der Waals surface area contributed by atoms with Crippen molar-refractivity contribution in [3.05, 3.63) is 61.9 Å². The van der Waals surface area contributed by atoms with Gasteiger partial charge in [0.15, 0.2) is 4.96 Å². The first-order chi connectivity index (χ1) is 12.5. The number of thiazole rings is 1. The molecular formula is C20H18N2O3S. The lowest BCUT2D eigenvalue weighted by Crippen LogP contribution is -2.22. The second-order valence-electron chi connectivity index (χ2n) is 6.15. The van der Waals surface area contributed by atoms with Crippen molar-refractivity contribution in [3.8, 4) is 11.5 Å². The molecule has 5 nitrogen and oxygen atoms in total. The van der Waals surface area contributed by atoms with Gasteiger partial charge < -0.3 is 9.47 Å². The highest BCUT2D eigenvalue weighted by molar-refractivity contribution is 7.15. The summed E-state index contributed by atoms with van der Waals surface area (Å²) in [5.41, 5.74) is 4.66. The molecule has 2 aromatic heterocycles. The molecule has 0 radical (unpaired) electrons. The van der Waals surface area contributed by atoms with Gasteiger partial charge in [0.2, 0.25) is 0 Å². The molecule has 0 spiro atoms. The zero-order valence-electron chi connectivity index (χ0n) is 15.0. The average molecular weight is 366 g/mol. The first-order valence-electron chi connectivity index (χ1n) is 8.18. The summed E-state index contributed by atoms with van der Waals surface area (Å²) in [4.78, 5) is 18.3. The van der Waals surface area contributed by atoms with Crippen LogP contribution in [0, 0.1) is 13.8 Å². The molecule has 2 heterocycles. The van der Waals surface area contributed by atoms with Crippen LogP contribution in [0.25, 0.3) is 22.1 Å². The number of rotatable bonds is 3. The second-order valence-corrected chi connectivity index (χ2v) is 7.16. The van der Waals surface area contributed by atoms with E-state index in [1.54, 1.807) is 18.6 Å². The van der Waals surface area contributed by atoms with Crippen LogP contribution in [0.15, 0.2) is 35.1 Å². The molecule has 0 N–H and O–H groups in total. The Kier molecular flexibility index (Phi) is 3.92. The van der Waals surface area contributed by atoms with Crippen molar-refractivity contribution in [1.29, 1.82) is 0 Å². The standard InChI is InChI=1S/C20H18N2O3S/c1-11-8-14-15(9-12(11)2)22-19(23)18(26-20(22)21-14)10-13-16(24-3)6-5-7-17(13)25-4/h5-10H,1-4H3/b18-10-. The van der Waals surface area contributed by atoms with Gasteiger partial charge in [-0.2, -0.15) is 0 Å². The third-order valence-electron chi connectivity index (χ3n) is 4.60. The van der Waals surface area contributed by atoms with Crippen LogP contribution in [0.2, 0.25) is 0 Å². The molecule has 0 fully saturated rings. The number of nitrogens with zero attached hydrogens (tertiary/aromatic N) is 2.